The van der Waals surface area contributed by atoms with Gasteiger partial charge in [-0.3, -0.25) is 4.79 Å². The van der Waals surface area contributed by atoms with Crippen molar-refractivity contribution in [3.05, 3.63) is 84.8 Å². The van der Waals surface area contributed by atoms with Crippen molar-refractivity contribution in [2.45, 2.75) is 30.5 Å². The van der Waals surface area contributed by atoms with Gasteiger partial charge in [-0.15, -0.1) is 0 Å². The first kappa shape index (κ1) is 24.2. The average Bonchev–Trinajstić information content (AvgIpc) is 3.32. The molecule has 2 heterocycles. The Hall–Kier alpha value is -3.98. The predicted octanol–water partition coefficient (Wildman–Crippen LogP) is 5.02. The fraction of sp³-hybridized carbons (Fsp3) is 0.192. The summed E-state index contributed by atoms with van der Waals surface area (Å²) in [5.74, 6) is -0.541. The molecule has 0 radical (unpaired) electrons. The summed E-state index contributed by atoms with van der Waals surface area (Å²) in [6, 6.07) is 20.9. The number of hydrogen-bond donors (Lipinski definition) is 1. The summed E-state index contributed by atoms with van der Waals surface area (Å²) in [5.41, 5.74) is 2.66. The lowest BCUT2D eigenvalue weighted by Crippen LogP contribution is -2.27. The van der Waals surface area contributed by atoms with Crippen LogP contribution in [0.1, 0.15) is 30.6 Å². The van der Waals surface area contributed by atoms with Crippen molar-refractivity contribution in [3.8, 4) is 16.9 Å². The molecule has 9 heteroatoms. The molecule has 0 aliphatic rings. The largest absolute Gasteiger partial charge is 0.462 e. The molecule has 1 unspecified atom stereocenters. The van der Waals surface area contributed by atoms with Crippen molar-refractivity contribution in [1.29, 1.82) is 0 Å². The zero-order chi connectivity index (χ0) is 24.6. The first-order valence-corrected chi connectivity index (χ1v) is 12.1. The van der Waals surface area contributed by atoms with Gasteiger partial charge in [0.25, 0.3) is 0 Å². The van der Waals surface area contributed by atoms with Gasteiger partial charge in [-0.05, 0) is 31.5 Å². The molecule has 0 saturated carbocycles. The third kappa shape index (κ3) is 5.75. The number of thioether (sulfide) groups is 1. The van der Waals surface area contributed by atoms with Crippen LogP contribution < -0.4 is 5.32 Å². The van der Waals surface area contributed by atoms with Crippen molar-refractivity contribution in [3.63, 3.8) is 0 Å². The second-order valence-corrected chi connectivity index (χ2v) is 8.71. The molecule has 0 fully saturated rings. The highest BCUT2D eigenvalue weighted by Crippen LogP contribution is 2.29. The molecule has 0 aliphatic heterocycles. The minimum atomic E-state index is -0.547. The van der Waals surface area contributed by atoms with Gasteiger partial charge in [0.1, 0.15) is 16.9 Å². The molecular weight excluding hydrogens is 462 g/mol. The number of hydrogen-bond acceptors (Lipinski definition) is 7. The minimum Gasteiger partial charge on any atom is -0.462 e. The quantitative estimate of drug-likeness (QED) is 0.201. The lowest BCUT2D eigenvalue weighted by atomic mass is 10.1. The lowest BCUT2D eigenvalue weighted by molar-refractivity contribution is -0.115. The maximum Gasteiger partial charge on any atom is 0.343 e. The van der Waals surface area contributed by atoms with Crippen LogP contribution in [0.4, 0.5) is 5.82 Å². The Bertz CT molecular complexity index is 1290. The third-order valence-electron chi connectivity index (χ3n) is 5.14. The number of para-hydroxylation sites is 1. The summed E-state index contributed by atoms with van der Waals surface area (Å²) in [6.07, 6.45) is 3.46. The Labute approximate surface area is 207 Å². The predicted molar refractivity (Wildman–Crippen MR) is 136 cm³/mol. The molecule has 4 aromatic rings. The normalized spacial score (nSPS) is 11.6. The zero-order valence-corrected chi connectivity index (χ0v) is 20.2. The highest BCUT2D eigenvalue weighted by Gasteiger charge is 2.25. The maximum atomic E-state index is 13.3. The molecule has 0 spiro atoms. The van der Waals surface area contributed by atoms with Gasteiger partial charge in [0.15, 0.2) is 5.82 Å². The highest BCUT2D eigenvalue weighted by molar-refractivity contribution is 8.00. The van der Waals surface area contributed by atoms with Crippen molar-refractivity contribution in [2.75, 3.05) is 11.9 Å². The Kier molecular flexibility index (Phi) is 7.89. The van der Waals surface area contributed by atoms with Crippen LogP contribution >= 0.6 is 11.8 Å². The van der Waals surface area contributed by atoms with E-state index >= 15 is 0 Å². The number of aromatic nitrogens is 4. The van der Waals surface area contributed by atoms with E-state index in [0.29, 0.717) is 17.1 Å². The summed E-state index contributed by atoms with van der Waals surface area (Å²) in [4.78, 5) is 34.6. The molecule has 1 N–H and O–H groups in total. The Balaban J connectivity index is 1.59. The van der Waals surface area contributed by atoms with Crippen molar-refractivity contribution >= 4 is 29.5 Å². The molecule has 0 saturated heterocycles. The number of amides is 1. The first-order chi connectivity index (χ1) is 17.1. The molecule has 1 atom stereocenters. The van der Waals surface area contributed by atoms with E-state index < -0.39 is 11.2 Å². The van der Waals surface area contributed by atoms with Gasteiger partial charge in [-0.1, -0.05) is 67.2 Å². The highest BCUT2D eigenvalue weighted by atomic mass is 32.2. The van der Waals surface area contributed by atoms with Crippen LogP contribution in [0.3, 0.4) is 0 Å². The number of benzene rings is 2. The van der Waals surface area contributed by atoms with Gasteiger partial charge in [0.2, 0.25) is 5.91 Å². The van der Waals surface area contributed by atoms with Gasteiger partial charge in [-0.25, -0.2) is 19.4 Å². The fourth-order valence-corrected chi connectivity index (χ4v) is 4.34. The number of carbonyl (C=O) groups is 2. The standard InChI is InChI=1S/C26H25N5O3S/c1-3-22(35-23-15-21(27-17-28-23)18-11-7-5-8-12-18)25(32)30-24-20(26(33)34-4-2)16-29-31(24)19-13-9-6-10-14-19/h5-17,22H,3-4H2,1-2H3,(H,30,32). The number of rotatable bonds is 9. The molecule has 1 amide bonds. The van der Waals surface area contributed by atoms with Crippen molar-refractivity contribution < 1.29 is 14.3 Å². The smallest absolute Gasteiger partial charge is 0.343 e. The Morgan fingerprint density at radius 2 is 1.74 bits per heavy atom. The van der Waals surface area contributed by atoms with E-state index in [-0.39, 0.29) is 23.9 Å². The van der Waals surface area contributed by atoms with Crippen molar-refractivity contribution in [2.24, 2.45) is 0 Å². The number of nitrogens with zero attached hydrogens (tertiary/aromatic N) is 4. The molecule has 4 rings (SSSR count). The van der Waals surface area contributed by atoms with Crippen LogP contribution in [0, 0.1) is 0 Å². The zero-order valence-electron chi connectivity index (χ0n) is 19.4. The lowest BCUT2D eigenvalue weighted by Gasteiger charge is -2.16. The molecule has 0 aliphatic carbocycles. The summed E-state index contributed by atoms with van der Waals surface area (Å²) in [5, 5.41) is 7.47. The van der Waals surface area contributed by atoms with Crippen LogP contribution in [0.15, 0.2) is 84.3 Å². The van der Waals surface area contributed by atoms with E-state index in [1.54, 1.807) is 6.92 Å². The van der Waals surface area contributed by atoms with Crippen LogP contribution in [0.25, 0.3) is 16.9 Å². The molecule has 8 nitrogen and oxygen atoms in total. The van der Waals surface area contributed by atoms with Gasteiger partial charge in [-0.2, -0.15) is 5.10 Å². The van der Waals surface area contributed by atoms with Crippen molar-refractivity contribution in [1.82, 2.24) is 19.7 Å². The summed E-state index contributed by atoms with van der Waals surface area (Å²) in [6.45, 7) is 3.87. The second-order valence-electron chi connectivity index (χ2n) is 7.49. The topological polar surface area (TPSA) is 99.0 Å². The van der Waals surface area contributed by atoms with E-state index in [0.717, 1.165) is 11.3 Å². The first-order valence-electron chi connectivity index (χ1n) is 11.3. The van der Waals surface area contributed by atoms with Gasteiger partial charge in [0, 0.05) is 5.56 Å². The molecule has 35 heavy (non-hydrogen) atoms. The van der Waals surface area contributed by atoms with E-state index in [2.05, 4.69) is 20.4 Å². The Morgan fingerprint density at radius 1 is 1.03 bits per heavy atom. The third-order valence-corrected chi connectivity index (χ3v) is 6.44. The van der Waals surface area contributed by atoms with Crippen LogP contribution in [0.5, 0.6) is 0 Å². The number of ether oxygens (including phenoxy) is 1. The van der Waals surface area contributed by atoms with E-state index in [1.165, 1.54) is 29.0 Å². The van der Waals surface area contributed by atoms with Crippen LogP contribution in [-0.2, 0) is 9.53 Å². The average molecular weight is 488 g/mol. The minimum absolute atomic E-state index is 0.192. The molecule has 2 aromatic carbocycles. The van der Waals surface area contributed by atoms with Crippen LogP contribution in [-0.4, -0.2) is 43.5 Å². The molecule has 178 valence electrons. The SMILES string of the molecule is CCOC(=O)c1cnn(-c2ccccc2)c1NC(=O)C(CC)Sc1cc(-c2ccccc2)ncn1. The number of nitrogens with one attached hydrogen (secondary N) is 1. The Morgan fingerprint density at radius 3 is 2.43 bits per heavy atom. The molecular formula is C26H25N5O3S. The van der Waals surface area contributed by atoms with E-state index in [9.17, 15) is 9.59 Å². The van der Waals surface area contributed by atoms with E-state index in [1.807, 2.05) is 73.7 Å². The number of anilines is 1. The fourth-order valence-electron chi connectivity index (χ4n) is 3.43. The number of carbonyl (C=O) groups excluding carboxylic acids is 2. The second kappa shape index (κ2) is 11.4. The van der Waals surface area contributed by atoms with Crippen LogP contribution in [0.2, 0.25) is 0 Å². The molecule has 0 bridgehead atoms. The molecule has 2 aromatic heterocycles. The summed E-state index contributed by atoms with van der Waals surface area (Å²) in [7, 11) is 0. The number of esters is 1. The monoisotopic (exact) mass is 487 g/mol. The maximum absolute atomic E-state index is 13.3. The van der Waals surface area contributed by atoms with E-state index in [4.69, 9.17) is 4.74 Å². The van der Waals surface area contributed by atoms with Gasteiger partial charge >= 0.3 is 5.97 Å². The van der Waals surface area contributed by atoms with Gasteiger partial charge < -0.3 is 10.1 Å². The summed E-state index contributed by atoms with van der Waals surface area (Å²) < 4.78 is 6.70. The van der Waals surface area contributed by atoms with Gasteiger partial charge in [0.05, 0.1) is 29.4 Å². The summed E-state index contributed by atoms with van der Waals surface area (Å²) >= 11 is 1.34.